The van der Waals surface area contributed by atoms with E-state index in [2.05, 4.69) is 58.9 Å². The lowest BCUT2D eigenvalue weighted by molar-refractivity contribution is 0.0985. The number of hydrogen-bond acceptors (Lipinski definition) is 1. The van der Waals surface area contributed by atoms with E-state index in [9.17, 15) is 0 Å². The highest BCUT2D eigenvalue weighted by atomic mass is 16.5. The summed E-state index contributed by atoms with van der Waals surface area (Å²) in [7, 11) is 0. The smallest absolute Gasteiger partial charge is 0.120 e. The van der Waals surface area contributed by atoms with E-state index in [1.807, 2.05) is 0 Å². The van der Waals surface area contributed by atoms with Crippen molar-refractivity contribution in [2.75, 3.05) is 0 Å². The van der Waals surface area contributed by atoms with E-state index < -0.39 is 0 Å². The first-order valence-corrected chi connectivity index (χ1v) is 6.77. The monoisotopic (exact) mass is 234 g/mol. The van der Waals surface area contributed by atoms with Gasteiger partial charge in [-0.2, -0.15) is 0 Å². The standard InChI is InChI=1S/C16H26O/c1-6-12-16(4,5)17-15-10-8-14(9-11-15)13(3)7-2/h8-11,13H,6-7,12H2,1-5H3. The van der Waals surface area contributed by atoms with E-state index >= 15 is 0 Å². The van der Waals surface area contributed by atoms with Gasteiger partial charge in [-0.15, -0.1) is 0 Å². The Morgan fingerprint density at radius 3 is 2.18 bits per heavy atom. The normalized spacial score (nSPS) is 13.5. The molecule has 0 spiro atoms. The summed E-state index contributed by atoms with van der Waals surface area (Å²) in [6.07, 6.45) is 3.42. The fraction of sp³-hybridized carbons (Fsp3) is 0.625. The van der Waals surface area contributed by atoms with Crippen LogP contribution in [0, 0.1) is 0 Å². The number of ether oxygens (including phenoxy) is 1. The minimum atomic E-state index is -0.0629. The van der Waals surface area contributed by atoms with Crippen LogP contribution >= 0.6 is 0 Å². The van der Waals surface area contributed by atoms with Crippen LogP contribution in [0.3, 0.4) is 0 Å². The quantitative estimate of drug-likeness (QED) is 0.660. The molecule has 1 unspecified atom stereocenters. The summed E-state index contributed by atoms with van der Waals surface area (Å²) < 4.78 is 6.01. The van der Waals surface area contributed by atoms with Crippen LogP contribution in [0.2, 0.25) is 0 Å². The van der Waals surface area contributed by atoms with Crippen LogP contribution in [-0.2, 0) is 0 Å². The first-order chi connectivity index (χ1) is 7.98. The lowest BCUT2D eigenvalue weighted by Crippen LogP contribution is -2.27. The average Bonchev–Trinajstić information content (AvgIpc) is 2.28. The molecule has 0 N–H and O–H groups in total. The van der Waals surface area contributed by atoms with Crippen molar-refractivity contribution >= 4 is 0 Å². The minimum absolute atomic E-state index is 0.0629. The number of rotatable bonds is 6. The van der Waals surface area contributed by atoms with Gasteiger partial charge in [-0.25, -0.2) is 0 Å². The molecular weight excluding hydrogens is 208 g/mol. The maximum atomic E-state index is 6.01. The predicted octanol–water partition coefficient (Wildman–Crippen LogP) is 5.16. The first-order valence-electron chi connectivity index (χ1n) is 6.77. The molecule has 0 aromatic heterocycles. The summed E-state index contributed by atoms with van der Waals surface area (Å²) in [5, 5.41) is 0. The Kier molecular flexibility index (Phi) is 5.04. The van der Waals surface area contributed by atoms with E-state index in [0.717, 1.165) is 18.6 Å². The Bertz CT molecular complexity index is 324. The van der Waals surface area contributed by atoms with Gasteiger partial charge in [0.2, 0.25) is 0 Å². The fourth-order valence-electron chi connectivity index (χ4n) is 2.07. The molecule has 1 nitrogen and oxygen atoms in total. The van der Waals surface area contributed by atoms with Gasteiger partial charge in [-0.1, -0.05) is 39.3 Å². The van der Waals surface area contributed by atoms with Crippen molar-refractivity contribution in [3.8, 4) is 5.75 Å². The van der Waals surface area contributed by atoms with Crippen molar-refractivity contribution in [2.24, 2.45) is 0 Å². The van der Waals surface area contributed by atoms with Gasteiger partial charge in [0.05, 0.1) is 0 Å². The van der Waals surface area contributed by atoms with E-state index in [1.165, 1.54) is 12.0 Å². The fourth-order valence-corrected chi connectivity index (χ4v) is 2.07. The van der Waals surface area contributed by atoms with Crippen LogP contribution < -0.4 is 4.74 Å². The van der Waals surface area contributed by atoms with Crippen molar-refractivity contribution in [3.63, 3.8) is 0 Å². The zero-order valence-corrected chi connectivity index (χ0v) is 11.9. The molecule has 0 fully saturated rings. The van der Waals surface area contributed by atoms with Gasteiger partial charge in [0, 0.05) is 0 Å². The van der Waals surface area contributed by atoms with Crippen LogP contribution in [-0.4, -0.2) is 5.60 Å². The second kappa shape index (κ2) is 6.09. The summed E-state index contributed by atoms with van der Waals surface area (Å²) in [6.45, 7) is 11.0. The molecule has 1 aromatic rings. The van der Waals surface area contributed by atoms with Gasteiger partial charge in [0.15, 0.2) is 0 Å². The molecule has 0 aliphatic heterocycles. The van der Waals surface area contributed by atoms with Crippen LogP contribution in [0.5, 0.6) is 5.75 Å². The van der Waals surface area contributed by atoms with Gasteiger partial charge in [0.1, 0.15) is 11.4 Å². The Morgan fingerprint density at radius 2 is 1.71 bits per heavy atom. The largest absolute Gasteiger partial charge is 0.488 e. The molecule has 1 rings (SSSR count). The Balaban J connectivity index is 2.68. The van der Waals surface area contributed by atoms with Gasteiger partial charge < -0.3 is 4.74 Å². The summed E-state index contributed by atoms with van der Waals surface area (Å²) in [6, 6.07) is 8.56. The lowest BCUT2D eigenvalue weighted by atomic mass is 9.98. The number of hydrogen-bond donors (Lipinski definition) is 0. The van der Waals surface area contributed by atoms with Crippen LogP contribution in [0.4, 0.5) is 0 Å². The molecule has 0 saturated carbocycles. The average molecular weight is 234 g/mol. The van der Waals surface area contributed by atoms with Crippen molar-refractivity contribution < 1.29 is 4.74 Å². The van der Waals surface area contributed by atoms with E-state index in [1.54, 1.807) is 0 Å². The van der Waals surface area contributed by atoms with Crippen molar-refractivity contribution in [2.45, 2.75) is 65.4 Å². The second-order valence-corrected chi connectivity index (χ2v) is 5.49. The highest BCUT2D eigenvalue weighted by molar-refractivity contribution is 5.29. The summed E-state index contributed by atoms with van der Waals surface area (Å²) >= 11 is 0. The van der Waals surface area contributed by atoms with Gasteiger partial charge in [-0.3, -0.25) is 0 Å². The molecule has 1 heteroatoms. The van der Waals surface area contributed by atoms with E-state index in [-0.39, 0.29) is 5.60 Å². The zero-order chi connectivity index (χ0) is 12.9. The Morgan fingerprint density at radius 1 is 1.12 bits per heavy atom. The van der Waals surface area contributed by atoms with Gasteiger partial charge in [-0.05, 0) is 50.3 Å². The van der Waals surface area contributed by atoms with Crippen molar-refractivity contribution in [1.29, 1.82) is 0 Å². The molecular formula is C16H26O. The van der Waals surface area contributed by atoms with Crippen LogP contribution in [0.1, 0.15) is 65.4 Å². The van der Waals surface area contributed by atoms with Crippen LogP contribution in [0.25, 0.3) is 0 Å². The zero-order valence-electron chi connectivity index (χ0n) is 11.9. The maximum Gasteiger partial charge on any atom is 0.120 e. The number of benzene rings is 1. The third-order valence-electron chi connectivity index (χ3n) is 3.31. The topological polar surface area (TPSA) is 9.23 Å². The Labute approximate surface area is 106 Å². The first kappa shape index (κ1) is 14.1. The van der Waals surface area contributed by atoms with Crippen molar-refractivity contribution in [1.82, 2.24) is 0 Å². The highest BCUT2D eigenvalue weighted by Gasteiger charge is 2.18. The summed E-state index contributed by atoms with van der Waals surface area (Å²) in [5.41, 5.74) is 1.33. The molecule has 0 aliphatic rings. The third kappa shape index (κ3) is 4.41. The molecule has 17 heavy (non-hydrogen) atoms. The third-order valence-corrected chi connectivity index (χ3v) is 3.31. The van der Waals surface area contributed by atoms with Gasteiger partial charge in [0.25, 0.3) is 0 Å². The van der Waals surface area contributed by atoms with E-state index in [0.29, 0.717) is 5.92 Å². The SMILES string of the molecule is CCCC(C)(C)Oc1ccc(C(C)CC)cc1. The molecule has 0 bridgehead atoms. The molecule has 0 heterocycles. The molecule has 1 atom stereocenters. The second-order valence-electron chi connectivity index (χ2n) is 5.49. The molecule has 0 aliphatic carbocycles. The molecule has 0 saturated heterocycles. The predicted molar refractivity (Wildman–Crippen MR) is 74.8 cm³/mol. The van der Waals surface area contributed by atoms with Crippen LogP contribution in [0.15, 0.2) is 24.3 Å². The molecule has 1 aromatic carbocycles. The maximum absolute atomic E-state index is 6.01. The molecule has 96 valence electrons. The molecule has 0 amide bonds. The lowest BCUT2D eigenvalue weighted by Gasteiger charge is -2.26. The highest BCUT2D eigenvalue weighted by Crippen LogP contribution is 2.25. The summed E-state index contributed by atoms with van der Waals surface area (Å²) in [5.74, 6) is 1.61. The van der Waals surface area contributed by atoms with Crippen molar-refractivity contribution in [3.05, 3.63) is 29.8 Å². The minimum Gasteiger partial charge on any atom is -0.488 e. The summed E-state index contributed by atoms with van der Waals surface area (Å²) in [4.78, 5) is 0. The van der Waals surface area contributed by atoms with E-state index in [4.69, 9.17) is 4.74 Å². The molecule has 0 radical (unpaired) electrons. The Hall–Kier alpha value is -0.980. The van der Waals surface area contributed by atoms with Gasteiger partial charge >= 0.3 is 0 Å².